The fraction of sp³-hybridized carbons (Fsp3) is 0.0169. The molecule has 10 aromatic carbocycles. The molecule has 0 fully saturated rings. The van der Waals surface area contributed by atoms with E-state index in [2.05, 4.69) is 231 Å². The van der Waals surface area contributed by atoms with E-state index in [9.17, 15) is 0 Å². The number of hydrogen-bond donors (Lipinski definition) is 0. The summed E-state index contributed by atoms with van der Waals surface area (Å²) in [6.45, 7) is 0. The van der Waals surface area contributed by atoms with E-state index in [1.165, 1.54) is 111 Å². The summed E-state index contributed by atoms with van der Waals surface area (Å²) >= 11 is 0. The summed E-state index contributed by atoms with van der Waals surface area (Å²) in [7, 11) is 0. The monoisotopic (exact) mass is 746 g/mol. The first-order valence-electron chi connectivity index (χ1n) is 20.6. The molecule has 0 heterocycles. The summed E-state index contributed by atoms with van der Waals surface area (Å²) in [4.78, 5) is 0. The van der Waals surface area contributed by atoms with Crippen LogP contribution in [0.1, 0.15) is 22.3 Å². The fourth-order valence-electron chi connectivity index (χ4n) is 10.2. The van der Waals surface area contributed by atoms with Crippen molar-refractivity contribution in [2.24, 2.45) is 0 Å². The SMILES string of the molecule is c1cc(-c2ccc(-c3cccc4ccccc34)cc2)cc(-c2cccc(-c3cccc(-c4ccc5c(c4)C4(c6ccccc6-c6ccccc64)c4ccccc4-5)c3)c2)c1. The maximum absolute atomic E-state index is 2.48. The van der Waals surface area contributed by atoms with Crippen LogP contribution in [0.2, 0.25) is 0 Å². The van der Waals surface area contributed by atoms with Crippen LogP contribution in [0.3, 0.4) is 0 Å². The third kappa shape index (κ3) is 5.17. The Bertz CT molecular complexity index is 3200. The molecular weight excluding hydrogens is 709 g/mol. The first-order valence-corrected chi connectivity index (χ1v) is 20.6. The van der Waals surface area contributed by atoms with Crippen LogP contribution in [0.15, 0.2) is 231 Å². The minimum absolute atomic E-state index is 0.353. The van der Waals surface area contributed by atoms with E-state index < -0.39 is 0 Å². The minimum Gasteiger partial charge on any atom is -0.0619 e. The van der Waals surface area contributed by atoms with Gasteiger partial charge in [-0.05, 0) is 135 Å². The number of fused-ring (bicyclic) bond motifs is 11. The lowest BCUT2D eigenvalue weighted by Gasteiger charge is -2.30. The van der Waals surface area contributed by atoms with Gasteiger partial charge < -0.3 is 0 Å². The topological polar surface area (TPSA) is 0 Å². The molecule has 0 aliphatic heterocycles. The Hall–Kier alpha value is -7.54. The van der Waals surface area contributed by atoms with Crippen LogP contribution < -0.4 is 0 Å². The summed E-state index contributed by atoms with van der Waals surface area (Å²) in [6.07, 6.45) is 0. The van der Waals surface area contributed by atoms with E-state index in [4.69, 9.17) is 0 Å². The van der Waals surface area contributed by atoms with Crippen LogP contribution in [-0.2, 0) is 5.41 Å². The molecule has 0 amide bonds. The van der Waals surface area contributed by atoms with Gasteiger partial charge in [0.2, 0.25) is 0 Å². The Balaban J connectivity index is 0.891. The van der Waals surface area contributed by atoms with E-state index in [1.54, 1.807) is 0 Å². The molecule has 0 bridgehead atoms. The lowest BCUT2D eigenvalue weighted by molar-refractivity contribution is 0.794. The highest BCUT2D eigenvalue weighted by atomic mass is 14.5. The molecule has 12 rings (SSSR count). The maximum atomic E-state index is 2.48. The summed E-state index contributed by atoms with van der Waals surface area (Å²) in [5.41, 5.74) is 22.6. The van der Waals surface area contributed by atoms with Gasteiger partial charge >= 0.3 is 0 Å². The largest absolute Gasteiger partial charge is 0.0725 e. The van der Waals surface area contributed by atoms with E-state index >= 15 is 0 Å². The van der Waals surface area contributed by atoms with Gasteiger partial charge in [-0.2, -0.15) is 0 Å². The number of hydrogen-bond acceptors (Lipinski definition) is 0. The second-order valence-corrected chi connectivity index (χ2v) is 16.0. The third-order valence-electron chi connectivity index (χ3n) is 12.9. The molecule has 10 aromatic rings. The van der Waals surface area contributed by atoms with E-state index in [1.807, 2.05) is 0 Å². The van der Waals surface area contributed by atoms with E-state index in [-0.39, 0.29) is 5.41 Å². The lowest BCUT2D eigenvalue weighted by Crippen LogP contribution is -2.25. The summed E-state index contributed by atoms with van der Waals surface area (Å²) in [5, 5.41) is 2.55. The normalized spacial score (nSPS) is 12.9. The fourth-order valence-corrected chi connectivity index (χ4v) is 10.2. The average Bonchev–Trinajstić information content (AvgIpc) is 3.79. The molecule has 0 saturated carbocycles. The number of rotatable bonds is 5. The van der Waals surface area contributed by atoms with Crippen molar-refractivity contribution in [1.82, 2.24) is 0 Å². The lowest BCUT2D eigenvalue weighted by atomic mass is 9.70. The molecule has 0 unspecified atom stereocenters. The second kappa shape index (κ2) is 13.3. The average molecular weight is 747 g/mol. The Morgan fingerprint density at radius 3 is 1.10 bits per heavy atom. The van der Waals surface area contributed by atoms with E-state index in [0.717, 1.165) is 0 Å². The first kappa shape index (κ1) is 33.6. The Kier molecular flexibility index (Phi) is 7.55. The van der Waals surface area contributed by atoms with Crippen LogP contribution in [0.25, 0.3) is 88.7 Å². The molecule has 274 valence electrons. The molecule has 2 aliphatic carbocycles. The highest BCUT2D eigenvalue weighted by Gasteiger charge is 2.51. The molecule has 0 nitrogen and oxygen atoms in total. The quantitative estimate of drug-likeness (QED) is 0.165. The minimum atomic E-state index is -0.353. The summed E-state index contributed by atoms with van der Waals surface area (Å²) in [6, 6.07) is 85.4. The van der Waals surface area contributed by atoms with Crippen LogP contribution in [-0.4, -0.2) is 0 Å². The maximum Gasteiger partial charge on any atom is 0.0725 e. The van der Waals surface area contributed by atoms with Crippen molar-refractivity contribution >= 4 is 10.8 Å². The third-order valence-corrected chi connectivity index (χ3v) is 12.9. The second-order valence-electron chi connectivity index (χ2n) is 16.0. The van der Waals surface area contributed by atoms with Gasteiger partial charge in [0, 0.05) is 0 Å². The van der Waals surface area contributed by atoms with Crippen molar-refractivity contribution in [3.05, 3.63) is 253 Å². The zero-order valence-electron chi connectivity index (χ0n) is 32.4. The number of benzene rings is 10. The predicted octanol–water partition coefficient (Wildman–Crippen LogP) is 15.5. The molecule has 0 atom stereocenters. The zero-order chi connectivity index (χ0) is 38.9. The van der Waals surface area contributed by atoms with Crippen LogP contribution in [0.5, 0.6) is 0 Å². The van der Waals surface area contributed by atoms with Gasteiger partial charge in [-0.15, -0.1) is 0 Å². The van der Waals surface area contributed by atoms with Gasteiger partial charge in [0.15, 0.2) is 0 Å². The van der Waals surface area contributed by atoms with Crippen LogP contribution >= 0.6 is 0 Å². The van der Waals surface area contributed by atoms with Crippen LogP contribution in [0, 0.1) is 0 Å². The molecule has 0 radical (unpaired) electrons. The molecule has 0 heteroatoms. The Labute approximate surface area is 345 Å². The highest BCUT2D eigenvalue weighted by Crippen LogP contribution is 2.63. The highest BCUT2D eigenvalue weighted by molar-refractivity contribution is 5.98. The van der Waals surface area contributed by atoms with Gasteiger partial charge in [0.1, 0.15) is 0 Å². The van der Waals surface area contributed by atoms with Crippen molar-refractivity contribution in [3.63, 3.8) is 0 Å². The standard InChI is InChI=1S/C59H38/c1-2-21-49-40(13-1)14-12-25-50(49)41-31-29-39(30-32-41)42-15-9-16-43(35-42)44-17-10-18-45(36-44)46-19-11-20-47(37-46)48-33-34-54-53-24-5-8-28-57(53)59(58(54)38-48)55-26-6-3-22-51(55)52-23-4-7-27-56(52)59/h1-38H. The molecular formula is C59H38. The summed E-state index contributed by atoms with van der Waals surface area (Å²) < 4.78 is 0. The Morgan fingerprint density at radius 2 is 0.559 bits per heavy atom. The van der Waals surface area contributed by atoms with Gasteiger partial charge in [-0.1, -0.05) is 206 Å². The molecule has 0 N–H and O–H groups in total. The van der Waals surface area contributed by atoms with Crippen molar-refractivity contribution in [3.8, 4) is 77.9 Å². The Morgan fingerprint density at radius 1 is 0.203 bits per heavy atom. The van der Waals surface area contributed by atoms with Crippen molar-refractivity contribution in [2.45, 2.75) is 5.41 Å². The zero-order valence-corrected chi connectivity index (χ0v) is 32.4. The summed E-state index contributed by atoms with van der Waals surface area (Å²) in [5.74, 6) is 0. The van der Waals surface area contributed by atoms with Crippen molar-refractivity contribution in [1.29, 1.82) is 0 Å². The van der Waals surface area contributed by atoms with Gasteiger partial charge in [-0.25, -0.2) is 0 Å². The smallest absolute Gasteiger partial charge is 0.0619 e. The first-order chi connectivity index (χ1) is 29.2. The van der Waals surface area contributed by atoms with Gasteiger partial charge in [0.05, 0.1) is 5.41 Å². The molecule has 0 saturated heterocycles. The molecule has 0 aromatic heterocycles. The van der Waals surface area contributed by atoms with Crippen LogP contribution in [0.4, 0.5) is 0 Å². The van der Waals surface area contributed by atoms with Crippen molar-refractivity contribution in [2.75, 3.05) is 0 Å². The van der Waals surface area contributed by atoms with Gasteiger partial charge in [-0.3, -0.25) is 0 Å². The van der Waals surface area contributed by atoms with Gasteiger partial charge in [0.25, 0.3) is 0 Å². The van der Waals surface area contributed by atoms with E-state index in [0.29, 0.717) is 0 Å². The predicted molar refractivity (Wildman–Crippen MR) is 247 cm³/mol. The van der Waals surface area contributed by atoms with Crippen molar-refractivity contribution < 1.29 is 0 Å². The molecule has 59 heavy (non-hydrogen) atoms. The molecule has 1 spiro atoms. The molecule has 2 aliphatic rings.